The number of carbonyl (C=O) groups is 3. The number of methoxy groups -OCH3 is 2. The van der Waals surface area contributed by atoms with Crippen LogP contribution in [-0.4, -0.2) is 46.9 Å². The first-order valence-corrected chi connectivity index (χ1v) is 14.6. The SMILES string of the molecule is COc1ccc(C2c3sc(=O)n(CC(=O)Nc4ccc(O)cc4)c3SC3C(=O)N(c4ccccc4)C(=O)C32)cc1OC. The number of hydrogen-bond donors (Lipinski definition) is 2. The number of hydrogen-bond acceptors (Lipinski definition) is 9. The number of imide groups is 1. The minimum atomic E-state index is -0.816. The molecule has 2 aliphatic rings. The van der Waals surface area contributed by atoms with Gasteiger partial charge in [0.05, 0.1) is 30.9 Å². The highest BCUT2D eigenvalue weighted by Crippen LogP contribution is 2.54. The number of aromatic hydroxyl groups is 1. The summed E-state index contributed by atoms with van der Waals surface area (Å²) in [6, 6.07) is 20.0. The summed E-state index contributed by atoms with van der Waals surface area (Å²) < 4.78 is 12.3. The van der Waals surface area contributed by atoms with Gasteiger partial charge in [0.2, 0.25) is 17.7 Å². The maximum atomic E-state index is 14.0. The highest BCUT2D eigenvalue weighted by molar-refractivity contribution is 8.00. The van der Waals surface area contributed by atoms with Crippen LogP contribution in [0.2, 0.25) is 0 Å². The Labute approximate surface area is 248 Å². The number of rotatable bonds is 7. The smallest absolute Gasteiger partial charge is 0.308 e. The zero-order chi connectivity index (χ0) is 29.5. The van der Waals surface area contributed by atoms with Gasteiger partial charge >= 0.3 is 4.87 Å². The highest BCUT2D eigenvalue weighted by atomic mass is 32.2. The van der Waals surface area contributed by atoms with Crippen LogP contribution in [0, 0.1) is 5.92 Å². The van der Waals surface area contributed by atoms with Crippen LogP contribution in [0.5, 0.6) is 17.2 Å². The normalized spacial score (nSPS) is 19.3. The fourth-order valence-electron chi connectivity index (χ4n) is 5.38. The molecule has 2 aliphatic heterocycles. The topological polar surface area (TPSA) is 127 Å². The van der Waals surface area contributed by atoms with Crippen LogP contribution in [0.4, 0.5) is 11.4 Å². The Balaban J connectivity index is 1.43. The summed E-state index contributed by atoms with van der Waals surface area (Å²) in [6.07, 6.45) is 0. The summed E-state index contributed by atoms with van der Waals surface area (Å²) in [7, 11) is 3.03. The zero-order valence-electron chi connectivity index (χ0n) is 22.5. The van der Waals surface area contributed by atoms with Gasteiger partial charge in [-0.3, -0.25) is 23.7 Å². The number of phenols is 1. The highest BCUT2D eigenvalue weighted by Gasteiger charge is 2.57. The number of phenolic OH excluding ortho intramolecular Hbond substituents is 1. The molecule has 0 saturated carbocycles. The molecule has 1 aromatic heterocycles. The molecule has 0 aliphatic carbocycles. The molecule has 12 heteroatoms. The van der Waals surface area contributed by atoms with Crippen molar-refractivity contribution in [1.29, 1.82) is 0 Å². The molecule has 0 bridgehead atoms. The molecular weight excluding hydrogens is 578 g/mol. The van der Waals surface area contributed by atoms with E-state index in [0.717, 1.165) is 23.1 Å². The minimum absolute atomic E-state index is 0.0589. The van der Waals surface area contributed by atoms with Gasteiger partial charge in [0, 0.05) is 16.5 Å². The second-order valence-electron chi connectivity index (χ2n) is 9.72. The molecule has 0 radical (unpaired) electrons. The van der Waals surface area contributed by atoms with Gasteiger partial charge in [-0.25, -0.2) is 4.90 Å². The quantitative estimate of drug-likeness (QED) is 0.239. The lowest BCUT2D eigenvalue weighted by Crippen LogP contribution is -2.33. The second kappa shape index (κ2) is 11.0. The molecular formula is C30H25N3O7S2. The predicted octanol–water partition coefficient (Wildman–Crippen LogP) is 4.07. The Morgan fingerprint density at radius 3 is 2.33 bits per heavy atom. The molecule has 10 nitrogen and oxygen atoms in total. The van der Waals surface area contributed by atoms with Crippen molar-refractivity contribution in [1.82, 2.24) is 4.57 Å². The first-order valence-electron chi connectivity index (χ1n) is 12.9. The summed E-state index contributed by atoms with van der Waals surface area (Å²) in [6.45, 7) is -0.293. The summed E-state index contributed by atoms with van der Waals surface area (Å²) in [5.41, 5.74) is 1.62. The number of aromatic nitrogens is 1. The van der Waals surface area contributed by atoms with Crippen molar-refractivity contribution >= 4 is 52.2 Å². The average molecular weight is 604 g/mol. The van der Waals surface area contributed by atoms with E-state index >= 15 is 0 Å². The molecule has 2 N–H and O–H groups in total. The molecule has 214 valence electrons. The standard InChI is InChI=1S/C30H25N3O7S2/c1-39-20-13-8-16(14-21(20)40-2)23-24-25(28(37)33(27(24)36)18-6-4-3-5-7-18)41-29-26(23)42-30(38)32(29)15-22(35)31-17-9-11-19(34)12-10-17/h3-14,23-25,34H,15H2,1-2H3,(H,31,35). The van der Waals surface area contributed by atoms with E-state index in [9.17, 15) is 24.3 Å². The summed E-state index contributed by atoms with van der Waals surface area (Å²) >= 11 is 2.11. The van der Waals surface area contributed by atoms with Crippen LogP contribution in [-0.2, 0) is 20.9 Å². The molecule has 0 spiro atoms. The maximum Gasteiger partial charge on any atom is 0.308 e. The molecule has 1 saturated heterocycles. The molecule has 42 heavy (non-hydrogen) atoms. The van der Waals surface area contributed by atoms with Crippen molar-refractivity contribution < 1.29 is 29.0 Å². The largest absolute Gasteiger partial charge is 0.508 e. The van der Waals surface area contributed by atoms with Crippen LogP contribution < -0.4 is 24.6 Å². The van der Waals surface area contributed by atoms with E-state index < -0.39 is 23.0 Å². The summed E-state index contributed by atoms with van der Waals surface area (Å²) in [4.78, 5) is 55.6. The Morgan fingerprint density at radius 2 is 1.64 bits per heavy atom. The molecule has 3 atom stereocenters. The third kappa shape index (κ3) is 4.72. The number of nitrogens with zero attached hydrogens (tertiary/aromatic N) is 2. The summed E-state index contributed by atoms with van der Waals surface area (Å²) in [5, 5.41) is 11.9. The lowest BCUT2D eigenvalue weighted by molar-refractivity contribution is -0.122. The molecule has 3 aromatic carbocycles. The molecule has 3 unspecified atom stereocenters. The van der Waals surface area contributed by atoms with Crippen LogP contribution in [0.15, 0.2) is 82.6 Å². The third-order valence-corrected chi connectivity index (χ3v) is 9.89. The predicted molar refractivity (Wildman–Crippen MR) is 159 cm³/mol. The number of benzene rings is 3. The Bertz CT molecular complexity index is 1750. The van der Waals surface area contributed by atoms with Crippen molar-refractivity contribution in [2.24, 2.45) is 5.92 Å². The molecule has 1 fully saturated rings. The molecule has 4 aromatic rings. The van der Waals surface area contributed by atoms with E-state index in [1.54, 1.807) is 54.6 Å². The van der Waals surface area contributed by atoms with Gasteiger partial charge in [-0.1, -0.05) is 47.4 Å². The Hall–Kier alpha value is -4.55. The number of carbonyl (C=O) groups excluding carboxylic acids is 3. The Morgan fingerprint density at radius 1 is 0.929 bits per heavy atom. The first-order chi connectivity index (χ1) is 20.3. The second-order valence-corrected chi connectivity index (χ2v) is 11.8. The zero-order valence-corrected chi connectivity index (χ0v) is 24.1. The number of anilines is 2. The fourth-order valence-corrected chi connectivity index (χ4v) is 8.15. The number of thiazole rings is 1. The third-order valence-electron chi connectivity index (χ3n) is 7.28. The summed E-state index contributed by atoms with van der Waals surface area (Å²) in [5.74, 6) is -1.61. The molecule has 6 rings (SSSR count). The first kappa shape index (κ1) is 27.6. The van der Waals surface area contributed by atoms with Gasteiger partial charge in [-0.15, -0.1) is 0 Å². The monoisotopic (exact) mass is 603 g/mol. The van der Waals surface area contributed by atoms with E-state index in [-0.39, 0.29) is 29.0 Å². The molecule has 3 heterocycles. The number of fused-ring (bicyclic) bond motifs is 2. The lowest BCUT2D eigenvalue weighted by Gasteiger charge is -2.31. The van der Waals surface area contributed by atoms with Crippen LogP contribution >= 0.6 is 23.1 Å². The van der Waals surface area contributed by atoms with Crippen molar-refractivity contribution in [2.45, 2.75) is 22.7 Å². The van der Waals surface area contributed by atoms with Gasteiger partial charge in [0.25, 0.3) is 0 Å². The van der Waals surface area contributed by atoms with Gasteiger partial charge in [-0.05, 0) is 54.1 Å². The number of ether oxygens (including phenoxy) is 2. The molecule has 3 amide bonds. The van der Waals surface area contributed by atoms with Crippen LogP contribution in [0.25, 0.3) is 0 Å². The van der Waals surface area contributed by atoms with Crippen molar-refractivity contribution in [2.75, 3.05) is 24.4 Å². The van der Waals surface area contributed by atoms with Crippen LogP contribution in [0.3, 0.4) is 0 Å². The van der Waals surface area contributed by atoms with E-state index in [2.05, 4.69) is 5.32 Å². The fraction of sp³-hybridized carbons (Fsp3) is 0.200. The number of amides is 3. The van der Waals surface area contributed by atoms with Gasteiger partial charge in [0.1, 0.15) is 17.5 Å². The number of thioether (sulfide) groups is 1. The van der Waals surface area contributed by atoms with E-state index in [1.165, 1.54) is 35.8 Å². The Kier molecular flexibility index (Phi) is 7.25. The van der Waals surface area contributed by atoms with E-state index in [4.69, 9.17) is 9.47 Å². The van der Waals surface area contributed by atoms with Gasteiger partial charge in [0.15, 0.2) is 11.5 Å². The van der Waals surface area contributed by atoms with Gasteiger partial charge in [-0.2, -0.15) is 0 Å². The average Bonchev–Trinajstić information content (AvgIpc) is 3.44. The van der Waals surface area contributed by atoms with E-state index in [1.807, 2.05) is 6.07 Å². The number of para-hydroxylation sites is 1. The number of nitrogens with one attached hydrogen (secondary N) is 1. The van der Waals surface area contributed by atoms with E-state index in [0.29, 0.717) is 38.3 Å². The van der Waals surface area contributed by atoms with Gasteiger partial charge < -0.3 is 19.9 Å². The maximum absolute atomic E-state index is 14.0. The van der Waals surface area contributed by atoms with Crippen LogP contribution in [0.1, 0.15) is 16.4 Å². The van der Waals surface area contributed by atoms with Crippen molar-refractivity contribution in [3.63, 3.8) is 0 Å². The van der Waals surface area contributed by atoms with Crippen molar-refractivity contribution in [3.05, 3.63) is 92.9 Å². The lowest BCUT2D eigenvalue weighted by atomic mass is 9.83. The van der Waals surface area contributed by atoms with Crippen molar-refractivity contribution in [3.8, 4) is 17.2 Å². The minimum Gasteiger partial charge on any atom is -0.508 e.